The van der Waals surface area contributed by atoms with Crippen molar-refractivity contribution in [3.05, 3.63) is 28.2 Å². The summed E-state index contributed by atoms with van der Waals surface area (Å²) in [7, 11) is 1.54. The maximum atomic E-state index is 11.4. The summed E-state index contributed by atoms with van der Waals surface area (Å²) in [5, 5.41) is 2.49. The standard InChI is InChI=1S/C12H14BrNO3/c1-7(15)10-5-4-9(13)6-11(10)17-8(2)12(16)14-3/h4-6,8H,1-3H3,(H,14,16). The first-order valence-electron chi connectivity index (χ1n) is 5.14. The number of Topliss-reactive ketones (excluding diaryl/α,β-unsaturated/α-hetero) is 1. The number of carbonyl (C=O) groups excluding carboxylic acids is 2. The summed E-state index contributed by atoms with van der Waals surface area (Å²) in [4.78, 5) is 22.8. The quantitative estimate of drug-likeness (QED) is 0.867. The van der Waals surface area contributed by atoms with Crippen molar-refractivity contribution < 1.29 is 14.3 Å². The van der Waals surface area contributed by atoms with Gasteiger partial charge < -0.3 is 10.1 Å². The van der Waals surface area contributed by atoms with E-state index in [0.717, 1.165) is 4.47 Å². The third kappa shape index (κ3) is 3.56. The Hall–Kier alpha value is -1.36. The lowest BCUT2D eigenvalue weighted by molar-refractivity contribution is -0.126. The molecule has 0 aliphatic carbocycles. The van der Waals surface area contributed by atoms with Crippen LogP contribution in [0.5, 0.6) is 5.75 Å². The minimum absolute atomic E-state index is 0.100. The monoisotopic (exact) mass is 299 g/mol. The maximum absolute atomic E-state index is 11.4. The van der Waals surface area contributed by atoms with Crippen LogP contribution in [0.15, 0.2) is 22.7 Å². The lowest BCUT2D eigenvalue weighted by atomic mass is 10.1. The van der Waals surface area contributed by atoms with Crippen LogP contribution >= 0.6 is 15.9 Å². The van der Waals surface area contributed by atoms with E-state index in [1.54, 1.807) is 25.1 Å². The second-order valence-electron chi connectivity index (χ2n) is 3.57. The number of rotatable bonds is 4. The highest BCUT2D eigenvalue weighted by Crippen LogP contribution is 2.25. The molecule has 17 heavy (non-hydrogen) atoms. The van der Waals surface area contributed by atoms with Crippen molar-refractivity contribution in [3.8, 4) is 5.75 Å². The van der Waals surface area contributed by atoms with Gasteiger partial charge in [0.2, 0.25) is 0 Å². The number of benzene rings is 1. The predicted molar refractivity (Wildman–Crippen MR) is 68.3 cm³/mol. The fourth-order valence-corrected chi connectivity index (χ4v) is 1.67. The molecule has 5 heteroatoms. The molecule has 4 nitrogen and oxygen atoms in total. The van der Waals surface area contributed by atoms with Crippen LogP contribution in [-0.2, 0) is 4.79 Å². The van der Waals surface area contributed by atoms with Gasteiger partial charge in [-0.05, 0) is 32.0 Å². The van der Waals surface area contributed by atoms with Crippen molar-refractivity contribution in [1.82, 2.24) is 5.32 Å². The van der Waals surface area contributed by atoms with Gasteiger partial charge in [-0.2, -0.15) is 0 Å². The molecule has 92 valence electrons. The Bertz CT molecular complexity index is 445. The van der Waals surface area contributed by atoms with Crippen LogP contribution in [0.1, 0.15) is 24.2 Å². The van der Waals surface area contributed by atoms with E-state index < -0.39 is 6.10 Å². The highest BCUT2D eigenvalue weighted by Gasteiger charge is 2.16. The first-order valence-corrected chi connectivity index (χ1v) is 5.93. The molecule has 0 heterocycles. The summed E-state index contributed by atoms with van der Waals surface area (Å²) in [6.07, 6.45) is -0.646. The smallest absolute Gasteiger partial charge is 0.260 e. The van der Waals surface area contributed by atoms with E-state index in [-0.39, 0.29) is 11.7 Å². The fourth-order valence-electron chi connectivity index (χ4n) is 1.33. The SMILES string of the molecule is CNC(=O)C(C)Oc1cc(Br)ccc1C(C)=O. The summed E-state index contributed by atoms with van der Waals surface area (Å²) < 4.78 is 6.27. The van der Waals surface area contributed by atoms with Crippen LogP contribution in [0.3, 0.4) is 0 Å². The van der Waals surface area contributed by atoms with Crippen molar-refractivity contribution >= 4 is 27.6 Å². The molecule has 1 aromatic rings. The van der Waals surface area contributed by atoms with Crippen LogP contribution in [0, 0.1) is 0 Å². The lowest BCUT2D eigenvalue weighted by Crippen LogP contribution is -2.34. The summed E-state index contributed by atoms with van der Waals surface area (Å²) in [6.45, 7) is 3.09. The van der Waals surface area contributed by atoms with Gasteiger partial charge >= 0.3 is 0 Å². The molecule has 0 spiro atoms. The van der Waals surface area contributed by atoms with E-state index in [4.69, 9.17) is 4.74 Å². The number of halogens is 1. The minimum atomic E-state index is -0.646. The zero-order valence-electron chi connectivity index (χ0n) is 9.91. The molecule has 0 aliphatic heterocycles. The van der Waals surface area contributed by atoms with Crippen molar-refractivity contribution in [2.24, 2.45) is 0 Å². The molecular formula is C12H14BrNO3. The lowest BCUT2D eigenvalue weighted by Gasteiger charge is -2.15. The summed E-state index contributed by atoms with van der Waals surface area (Å²) in [5.74, 6) is 0.0686. The van der Waals surface area contributed by atoms with Crippen LogP contribution in [0.2, 0.25) is 0 Å². The Morgan fingerprint density at radius 2 is 2.06 bits per heavy atom. The van der Waals surface area contributed by atoms with Gasteiger partial charge in [0.25, 0.3) is 5.91 Å². The Morgan fingerprint density at radius 3 is 2.59 bits per heavy atom. The van der Waals surface area contributed by atoms with Gasteiger partial charge in [0.1, 0.15) is 5.75 Å². The topological polar surface area (TPSA) is 55.4 Å². The van der Waals surface area contributed by atoms with Crippen LogP contribution in [-0.4, -0.2) is 24.8 Å². The van der Waals surface area contributed by atoms with Crippen LogP contribution in [0.25, 0.3) is 0 Å². The van der Waals surface area contributed by atoms with E-state index in [0.29, 0.717) is 11.3 Å². The average molecular weight is 300 g/mol. The fraction of sp³-hybridized carbons (Fsp3) is 0.333. The Labute approximate surface area is 108 Å². The van der Waals surface area contributed by atoms with Crippen molar-refractivity contribution in [2.45, 2.75) is 20.0 Å². The Morgan fingerprint density at radius 1 is 1.41 bits per heavy atom. The van der Waals surface area contributed by atoms with Gasteiger partial charge in [-0.3, -0.25) is 9.59 Å². The summed E-state index contributed by atoms with van der Waals surface area (Å²) in [5.41, 5.74) is 0.462. The predicted octanol–water partition coefficient (Wildman–Crippen LogP) is 2.17. The molecule has 0 aliphatic rings. The summed E-state index contributed by atoms with van der Waals surface area (Å²) >= 11 is 3.30. The highest BCUT2D eigenvalue weighted by molar-refractivity contribution is 9.10. The first kappa shape index (κ1) is 13.7. The zero-order chi connectivity index (χ0) is 13.0. The Kier molecular flexibility index (Phi) is 4.69. The molecule has 0 aromatic heterocycles. The number of amides is 1. The van der Waals surface area contributed by atoms with E-state index in [1.165, 1.54) is 14.0 Å². The number of carbonyl (C=O) groups is 2. The average Bonchev–Trinajstić information content (AvgIpc) is 2.27. The zero-order valence-corrected chi connectivity index (χ0v) is 11.5. The normalized spacial score (nSPS) is 11.8. The molecule has 1 amide bonds. The largest absolute Gasteiger partial charge is 0.480 e. The van der Waals surface area contributed by atoms with Crippen molar-refractivity contribution in [1.29, 1.82) is 0 Å². The van der Waals surface area contributed by atoms with Gasteiger partial charge in [-0.15, -0.1) is 0 Å². The number of nitrogens with one attached hydrogen (secondary N) is 1. The van der Waals surface area contributed by atoms with E-state index >= 15 is 0 Å². The van der Waals surface area contributed by atoms with Gasteiger partial charge in [0.05, 0.1) is 5.56 Å². The molecule has 1 unspecified atom stereocenters. The molecule has 0 saturated heterocycles. The maximum Gasteiger partial charge on any atom is 0.260 e. The molecule has 1 aromatic carbocycles. The third-order valence-corrected chi connectivity index (χ3v) is 2.74. The second kappa shape index (κ2) is 5.82. The molecular weight excluding hydrogens is 286 g/mol. The van der Waals surface area contributed by atoms with Crippen molar-refractivity contribution in [2.75, 3.05) is 7.05 Å². The second-order valence-corrected chi connectivity index (χ2v) is 4.49. The van der Waals surface area contributed by atoms with Gasteiger partial charge in [0, 0.05) is 11.5 Å². The van der Waals surface area contributed by atoms with Gasteiger partial charge in [0.15, 0.2) is 11.9 Å². The summed E-state index contributed by atoms with van der Waals surface area (Å²) in [6, 6.07) is 5.10. The molecule has 0 fully saturated rings. The van der Waals surface area contributed by atoms with Crippen LogP contribution in [0.4, 0.5) is 0 Å². The number of ketones is 1. The molecule has 1 N–H and O–H groups in total. The Balaban J connectivity index is 3.00. The van der Waals surface area contributed by atoms with Gasteiger partial charge in [-0.25, -0.2) is 0 Å². The first-order chi connectivity index (χ1) is 7.95. The molecule has 0 saturated carbocycles. The van der Waals surface area contributed by atoms with Crippen LogP contribution < -0.4 is 10.1 Å². The van der Waals surface area contributed by atoms with E-state index in [9.17, 15) is 9.59 Å². The molecule has 0 bridgehead atoms. The number of ether oxygens (including phenoxy) is 1. The number of hydrogen-bond donors (Lipinski definition) is 1. The number of hydrogen-bond acceptors (Lipinski definition) is 3. The minimum Gasteiger partial charge on any atom is -0.480 e. The number of likely N-dealkylation sites (N-methyl/N-ethyl adjacent to an activating group) is 1. The molecule has 0 radical (unpaired) electrons. The highest BCUT2D eigenvalue weighted by atomic mass is 79.9. The molecule has 1 rings (SSSR count). The van der Waals surface area contributed by atoms with E-state index in [1.807, 2.05) is 0 Å². The molecule has 1 atom stereocenters. The van der Waals surface area contributed by atoms with E-state index in [2.05, 4.69) is 21.2 Å². The van der Waals surface area contributed by atoms with Gasteiger partial charge in [-0.1, -0.05) is 15.9 Å². The third-order valence-electron chi connectivity index (χ3n) is 2.24. The van der Waals surface area contributed by atoms with Crippen molar-refractivity contribution in [3.63, 3.8) is 0 Å².